The molecule has 0 bridgehead atoms. The topological polar surface area (TPSA) is 99.5 Å². The summed E-state index contributed by atoms with van der Waals surface area (Å²) in [6.45, 7) is 1.39. The Morgan fingerprint density at radius 1 is 1.12 bits per heavy atom. The average molecular weight is 371 g/mol. The third-order valence-corrected chi connectivity index (χ3v) is 5.89. The number of nitrogens with one attached hydrogen (secondary N) is 1. The van der Waals surface area contributed by atoms with Gasteiger partial charge in [0.05, 0.1) is 29.7 Å². The molecular weight excluding hydrogens is 354 g/mol. The maximum Gasteiger partial charge on any atom is 0.255 e. The Labute approximate surface area is 151 Å². The number of morpholine rings is 1. The number of amides is 1. The maximum atomic E-state index is 12.6. The molecule has 0 aliphatic carbocycles. The van der Waals surface area contributed by atoms with E-state index in [2.05, 4.69) is 5.32 Å². The number of hydrogen-bond donors (Lipinski definition) is 1. The summed E-state index contributed by atoms with van der Waals surface area (Å²) in [5, 5.41) is 11.6. The molecule has 26 heavy (non-hydrogen) atoms. The van der Waals surface area contributed by atoms with Crippen LogP contribution in [0.25, 0.3) is 0 Å². The first-order chi connectivity index (χ1) is 12.5. The molecule has 0 saturated carbocycles. The number of nitriles is 1. The summed E-state index contributed by atoms with van der Waals surface area (Å²) in [4.78, 5) is 12.4. The lowest BCUT2D eigenvalue weighted by Gasteiger charge is -2.26. The van der Waals surface area contributed by atoms with E-state index in [9.17, 15) is 13.2 Å². The zero-order chi connectivity index (χ0) is 18.6. The molecule has 0 aromatic heterocycles. The van der Waals surface area contributed by atoms with Crippen LogP contribution in [0.15, 0.2) is 53.4 Å². The van der Waals surface area contributed by atoms with Crippen molar-refractivity contribution in [1.82, 2.24) is 4.31 Å². The Morgan fingerprint density at radius 3 is 2.46 bits per heavy atom. The molecule has 134 valence electrons. The number of ether oxygens (including phenoxy) is 1. The number of sulfonamides is 1. The lowest BCUT2D eigenvalue weighted by molar-refractivity contribution is 0.0730. The second kappa shape index (κ2) is 7.66. The van der Waals surface area contributed by atoms with E-state index in [0.717, 1.165) is 0 Å². The monoisotopic (exact) mass is 371 g/mol. The minimum atomic E-state index is -3.59. The van der Waals surface area contributed by atoms with Crippen LogP contribution < -0.4 is 5.32 Å². The first kappa shape index (κ1) is 18.1. The number of hydrogen-bond acceptors (Lipinski definition) is 5. The summed E-state index contributed by atoms with van der Waals surface area (Å²) >= 11 is 0. The van der Waals surface area contributed by atoms with E-state index >= 15 is 0 Å². The number of nitrogens with zero attached hydrogens (tertiary/aromatic N) is 2. The van der Waals surface area contributed by atoms with Crippen LogP contribution in [-0.4, -0.2) is 44.9 Å². The van der Waals surface area contributed by atoms with Crippen LogP contribution in [-0.2, 0) is 14.8 Å². The summed E-state index contributed by atoms with van der Waals surface area (Å²) in [7, 11) is -3.59. The van der Waals surface area contributed by atoms with Crippen molar-refractivity contribution in [3.05, 3.63) is 59.7 Å². The summed E-state index contributed by atoms with van der Waals surface area (Å²) in [6.07, 6.45) is 0. The SMILES string of the molecule is N#Cc1cccc(NC(=O)c2ccc(S(=O)(=O)N3CCOCC3)cc2)c1. The van der Waals surface area contributed by atoms with Crippen molar-refractivity contribution >= 4 is 21.6 Å². The number of benzene rings is 2. The first-order valence-corrected chi connectivity index (χ1v) is 9.44. The van der Waals surface area contributed by atoms with Gasteiger partial charge in [0.2, 0.25) is 10.0 Å². The predicted octanol–water partition coefficient (Wildman–Crippen LogP) is 1.83. The van der Waals surface area contributed by atoms with Crippen molar-refractivity contribution in [3.63, 3.8) is 0 Å². The van der Waals surface area contributed by atoms with Gasteiger partial charge in [0.15, 0.2) is 0 Å². The van der Waals surface area contributed by atoms with E-state index in [0.29, 0.717) is 43.1 Å². The molecule has 1 fully saturated rings. The molecule has 1 aliphatic heterocycles. The normalized spacial score (nSPS) is 15.2. The van der Waals surface area contributed by atoms with Crippen LogP contribution in [0, 0.1) is 11.3 Å². The molecule has 1 saturated heterocycles. The van der Waals surface area contributed by atoms with E-state index in [-0.39, 0.29) is 10.8 Å². The number of anilines is 1. The number of carbonyl (C=O) groups is 1. The van der Waals surface area contributed by atoms with E-state index in [1.807, 2.05) is 6.07 Å². The second-order valence-electron chi connectivity index (χ2n) is 5.69. The van der Waals surface area contributed by atoms with Crippen molar-refractivity contribution in [2.45, 2.75) is 4.90 Å². The molecule has 1 heterocycles. The van der Waals surface area contributed by atoms with Gasteiger partial charge in [0.25, 0.3) is 5.91 Å². The van der Waals surface area contributed by atoms with Crippen LogP contribution >= 0.6 is 0 Å². The molecule has 3 rings (SSSR count). The molecule has 0 radical (unpaired) electrons. The van der Waals surface area contributed by atoms with Gasteiger partial charge >= 0.3 is 0 Å². The van der Waals surface area contributed by atoms with Gasteiger partial charge in [-0.25, -0.2) is 8.42 Å². The van der Waals surface area contributed by atoms with E-state index in [4.69, 9.17) is 10.00 Å². The van der Waals surface area contributed by atoms with Crippen LogP contribution in [0.2, 0.25) is 0 Å². The zero-order valence-corrected chi connectivity index (χ0v) is 14.7. The van der Waals surface area contributed by atoms with Crippen LogP contribution in [0.1, 0.15) is 15.9 Å². The average Bonchev–Trinajstić information content (AvgIpc) is 2.69. The Kier molecular flexibility index (Phi) is 5.32. The highest BCUT2D eigenvalue weighted by atomic mass is 32.2. The van der Waals surface area contributed by atoms with Gasteiger partial charge in [-0.05, 0) is 42.5 Å². The van der Waals surface area contributed by atoms with E-state index in [1.165, 1.54) is 28.6 Å². The summed E-state index contributed by atoms with van der Waals surface area (Å²) in [6, 6.07) is 14.3. The lowest BCUT2D eigenvalue weighted by Crippen LogP contribution is -2.40. The highest BCUT2D eigenvalue weighted by molar-refractivity contribution is 7.89. The molecule has 7 nitrogen and oxygen atoms in total. The minimum Gasteiger partial charge on any atom is -0.379 e. The second-order valence-corrected chi connectivity index (χ2v) is 7.63. The zero-order valence-electron chi connectivity index (χ0n) is 13.9. The lowest BCUT2D eigenvalue weighted by atomic mass is 10.2. The molecule has 1 amide bonds. The molecule has 2 aromatic rings. The van der Waals surface area contributed by atoms with Crippen molar-refractivity contribution < 1.29 is 17.9 Å². The van der Waals surface area contributed by atoms with Gasteiger partial charge < -0.3 is 10.1 Å². The fourth-order valence-corrected chi connectivity index (χ4v) is 3.99. The number of carbonyl (C=O) groups excluding carboxylic acids is 1. The van der Waals surface area contributed by atoms with Gasteiger partial charge in [-0.2, -0.15) is 9.57 Å². The molecule has 2 aromatic carbocycles. The van der Waals surface area contributed by atoms with Crippen LogP contribution in [0.3, 0.4) is 0 Å². The van der Waals surface area contributed by atoms with Crippen molar-refractivity contribution in [1.29, 1.82) is 5.26 Å². The molecule has 1 N–H and O–H groups in total. The van der Waals surface area contributed by atoms with Gasteiger partial charge in [-0.15, -0.1) is 0 Å². The highest BCUT2D eigenvalue weighted by Gasteiger charge is 2.26. The molecule has 0 atom stereocenters. The van der Waals surface area contributed by atoms with Crippen molar-refractivity contribution in [2.24, 2.45) is 0 Å². The minimum absolute atomic E-state index is 0.141. The Morgan fingerprint density at radius 2 is 1.81 bits per heavy atom. The van der Waals surface area contributed by atoms with Gasteiger partial charge in [-0.1, -0.05) is 6.07 Å². The first-order valence-electron chi connectivity index (χ1n) is 8.00. The van der Waals surface area contributed by atoms with Crippen molar-refractivity contribution in [2.75, 3.05) is 31.6 Å². The molecule has 0 spiro atoms. The number of rotatable bonds is 4. The highest BCUT2D eigenvalue weighted by Crippen LogP contribution is 2.18. The third-order valence-electron chi connectivity index (χ3n) is 3.97. The van der Waals surface area contributed by atoms with Gasteiger partial charge in [-0.3, -0.25) is 4.79 Å². The largest absolute Gasteiger partial charge is 0.379 e. The maximum absolute atomic E-state index is 12.6. The fraction of sp³-hybridized carbons (Fsp3) is 0.222. The summed E-state index contributed by atoms with van der Waals surface area (Å²) in [5.41, 5.74) is 1.27. The molecular formula is C18H17N3O4S. The van der Waals surface area contributed by atoms with E-state index < -0.39 is 10.0 Å². The Balaban J connectivity index is 1.74. The van der Waals surface area contributed by atoms with Crippen LogP contribution in [0.5, 0.6) is 0 Å². The predicted molar refractivity (Wildman–Crippen MR) is 95.1 cm³/mol. The fourth-order valence-electron chi connectivity index (χ4n) is 2.58. The molecule has 1 aliphatic rings. The Hall–Kier alpha value is -2.73. The smallest absolute Gasteiger partial charge is 0.255 e. The van der Waals surface area contributed by atoms with Gasteiger partial charge in [0.1, 0.15) is 0 Å². The standard InChI is InChI=1S/C18H17N3O4S/c19-13-14-2-1-3-16(12-14)20-18(22)15-4-6-17(7-5-15)26(23,24)21-8-10-25-11-9-21/h1-7,12H,8-11H2,(H,20,22). The van der Waals surface area contributed by atoms with Crippen molar-refractivity contribution in [3.8, 4) is 6.07 Å². The summed E-state index contributed by atoms with van der Waals surface area (Å²) < 4.78 is 31.7. The van der Waals surface area contributed by atoms with Gasteiger partial charge in [0, 0.05) is 24.3 Å². The molecule has 8 heteroatoms. The molecule has 0 unspecified atom stereocenters. The van der Waals surface area contributed by atoms with Crippen LogP contribution in [0.4, 0.5) is 5.69 Å². The Bertz CT molecular complexity index is 943. The quantitative estimate of drug-likeness (QED) is 0.884. The van der Waals surface area contributed by atoms with E-state index in [1.54, 1.807) is 24.3 Å². The third kappa shape index (κ3) is 3.91. The summed E-state index contributed by atoms with van der Waals surface area (Å²) in [5.74, 6) is -0.379.